The Morgan fingerprint density at radius 3 is 0.957 bits per heavy atom. The monoisotopic (exact) mass is 653 g/mol. The lowest BCUT2D eigenvalue weighted by Gasteiger charge is -2.15. The highest BCUT2D eigenvalue weighted by atomic mass is 16.6. The van der Waals surface area contributed by atoms with E-state index in [2.05, 4.69) is 13.8 Å². The van der Waals surface area contributed by atoms with Gasteiger partial charge in [-0.1, -0.05) is 206 Å². The Kier molecular flexibility index (Phi) is 37.4. The SMILES string of the molecule is CCCCCCCCCCCCCCCCCCCCCCCC(=O)O[C@@H](CO)COC(=O)CCCCCCCCCCCCC. The molecule has 0 saturated heterocycles. The van der Waals surface area contributed by atoms with Crippen molar-refractivity contribution in [1.29, 1.82) is 0 Å². The van der Waals surface area contributed by atoms with Crippen molar-refractivity contribution < 1.29 is 24.2 Å². The molecule has 1 atom stereocenters. The van der Waals surface area contributed by atoms with E-state index in [1.54, 1.807) is 0 Å². The molecule has 0 radical (unpaired) electrons. The van der Waals surface area contributed by atoms with Gasteiger partial charge in [0.1, 0.15) is 6.61 Å². The summed E-state index contributed by atoms with van der Waals surface area (Å²) in [6.07, 6.45) is 41.7. The maximum absolute atomic E-state index is 12.2. The zero-order valence-electron chi connectivity index (χ0n) is 31.1. The first kappa shape index (κ1) is 44.9. The van der Waals surface area contributed by atoms with E-state index in [4.69, 9.17) is 9.47 Å². The molecule has 0 aromatic rings. The third kappa shape index (κ3) is 35.7. The molecule has 5 heteroatoms. The van der Waals surface area contributed by atoms with Crippen molar-refractivity contribution in [3.05, 3.63) is 0 Å². The van der Waals surface area contributed by atoms with E-state index in [-0.39, 0.29) is 25.2 Å². The minimum absolute atomic E-state index is 0.0571. The quantitative estimate of drug-likeness (QED) is 0.0531. The Labute approximate surface area is 287 Å². The van der Waals surface area contributed by atoms with E-state index in [1.165, 1.54) is 173 Å². The van der Waals surface area contributed by atoms with E-state index in [0.717, 1.165) is 32.1 Å². The predicted octanol–water partition coefficient (Wildman–Crippen LogP) is 12.7. The number of hydrogen-bond acceptors (Lipinski definition) is 5. The van der Waals surface area contributed by atoms with Crippen molar-refractivity contribution in [2.45, 2.75) is 238 Å². The summed E-state index contributed by atoms with van der Waals surface area (Å²) in [4.78, 5) is 24.2. The van der Waals surface area contributed by atoms with Crippen molar-refractivity contribution in [1.82, 2.24) is 0 Å². The van der Waals surface area contributed by atoms with Gasteiger partial charge in [-0.25, -0.2) is 0 Å². The number of rotatable bonds is 38. The van der Waals surface area contributed by atoms with Gasteiger partial charge < -0.3 is 14.6 Å². The number of aliphatic hydroxyl groups excluding tert-OH is 1. The average Bonchev–Trinajstić information content (AvgIpc) is 3.06. The fourth-order valence-corrected chi connectivity index (χ4v) is 6.26. The number of unbranched alkanes of at least 4 members (excludes halogenated alkanes) is 30. The second-order valence-corrected chi connectivity index (χ2v) is 14.1. The number of esters is 2. The Bertz CT molecular complexity index is 622. The molecular formula is C41H80O5. The maximum atomic E-state index is 12.2. The van der Waals surface area contributed by atoms with Gasteiger partial charge in [0.05, 0.1) is 6.61 Å². The molecule has 0 aliphatic heterocycles. The van der Waals surface area contributed by atoms with Crippen LogP contribution in [0.2, 0.25) is 0 Å². The van der Waals surface area contributed by atoms with Gasteiger partial charge in [-0.15, -0.1) is 0 Å². The Morgan fingerprint density at radius 1 is 0.413 bits per heavy atom. The third-order valence-corrected chi connectivity index (χ3v) is 9.40. The van der Waals surface area contributed by atoms with Crippen molar-refractivity contribution in [3.63, 3.8) is 0 Å². The molecule has 0 bridgehead atoms. The fourth-order valence-electron chi connectivity index (χ4n) is 6.26. The van der Waals surface area contributed by atoms with Gasteiger partial charge >= 0.3 is 11.9 Å². The van der Waals surface area contributed by atoms with Crippen LogP contribution >= 0.6 is 0 Å². The molecule has 0 saturated carbocycles. The van der Waals surface area contributed by atoms with Crippen LogP contribution in [0.3, 0.4) is 0 Å². The van der Waals surface area contributed by atoms with Gasteiger partial charge in [-0.2, -0.15) is 0 Å². The molecule has 0 rings (SSSR count). The number of hydrogen-bond donors (Lipinski definition) is 1. The van der Waals surface area contributed by atoms with Crippen molar-refractivity contribution in [3.8, 4) is 0 Å². The fraction of sp³-hybridized carbons (Fsp3) is 0.951. The smallest absolute Gasteiger partial charge is 0.306 e. The second-order valence-electron chi connectivity index (χ2n) is 14.1. The summed E-state index contributed by atoms with van der Waals surface area (Å²) in [6, 6.07) is 0. The first-order valence-electron chi connectivity index (χ1n) is 20.6. The van der Waals surface area contributed by atoms with Gasteiger partial charge in [0, 0.05) is 12.8 Å². The highest BCUT2D eigenvalue weighted by molar-refractivity contribution is 5.70. The Balaban J connectivity index is 3.45. The molecule has 0 aliphatic rings. The van der Waals surface area contributed by atoms with Crippen LogP contribution in [0.5, 0.6) is 0 Å². The van der Waals surface area contributed by atoms with E-state index < -0.39 is 6.10 Å². The number of aliphatic hydroxyl groups is 1. The first-order valence-corrected chi connectivity index (χ1v) is 20.6. The first-order chi connectivity index (χ1) is 22.6. The zero-order valence-corrected chi connectivity index (χ0v) is 31.1. The van der Waals surface area contributed by atoms with Gasteiger partial charge in [0.25, 0.3) is 0 Å². The van der Waals surface area contributed by atoms with Crippen LogP contribution in [0.15, 0.2) is 0 Å². The van der Waals surface area contributed by atoms with Crippen LogP contribution < -0.4 is 0 Å². The lowest BCUT2D eigenvalue weighted by Crippen LogP contribution is -2.28. The molecule has 274 valence electrons. The summed E-state index contributed by atoms with van der Waals surface area (Å²) in [5, 5.41) is 9.54. The van der Waals surface area contributed by atoms with Crippen LogP contribution in [-0.2, 0) is 19.1 Å². The molecular weight excluding hydrogens is 572 g/mol. The highest BCUT2D eigenvalue weighted by Crippen LogP contribution is 2.16. The normalized spacial score (nSPS) is 12.0. The van der Waals surface area contributed by atoms with E-state index in [1.807, 2.05) is 0 Å². The van der Waals surface area contributed by atoms with E-state index in [0.29, 0.717) is 12.8 Å². The molecule has 5 nitrogen and oxygen atoms in total. The van der Waals surface area contributed by atoms with E-state index >= 15 is 0 Å². The molecule has 0 amide bonds. The third-order valence-electron chi connectivity index (χ3n) is 9.40. The number of carbonyl (C=O) groups is 2. The molecule has 0 aromatic heterocycles. The topological polar surface area (TPSA) is 72.8 Å². The average molecular weight is 653 g/mol. The van der Waals surface area contributed by atoms with Crippen molar-refractivity contribution in [2.75, 3.05) is 13.2 Å². The summed E-state index contributed by atoms with van der Waals surface area (Å²) in [5.74, 6) is -0.576. The summed E-state index contributed by atoms with van der Waals surface area (Å²) in [6.45, 7) is 4.16. The Hall–Kier alpha value is -1.10. The molecule has 0 heterocycles. The second kappa shape index (κ2) is 38.3. The maximum Gasteiger partial charge on any atom is 0.306 e. The van der Waals surface area contributed by atoms with Crippen molar-refractivity contribution in [2.24, 2.45) is 0 Å². The van der Waals surface area contributed by atoms with Gasteiger partial charge in [0.2, 0.25) is 0 Å². The largest absolute Gasteiger partial charge is 0.462 e. The molecule has 0 unspecified atom stereocenters. The predicted molar refractivity (Wildman–Crippen MR) is 196 cm³/mol. The molecule has 0 fully saturated rings. The van der Waals surface area contributed by atoms with E-state index in [9.17, 15) is 14.7 Å². The lowest BCUT2D eigenvalue weighted by atomic mass is 10.0. The summed E-state index contributed by atoms with van der Waals surface area (Å²) in [5.41, 5.74) is 0. The summed E-state index contributed by atoms with van der Waals surface area (Å²) < 4.78 is 10.6. The van der Waals surface area contributed by atoms with Crippen LogP contribution in [-0.4, -0.2) is 36.4 Å². The van der Waals surface area contributed by atoms with Crippen LogP contribution in [0.1, 0.15) is 232 Å². The van der Waals surface area contributed by atoms with Gasteiger partial charge in [0.15, 0.2) is 6.10 Å². The molecule has 0 spiro atoms. The van der Waals surface area contributed by atoms with Gasteiger partial charge in [-0.3, -0.25) is 9.59 Å². The van der Waals surface area contributed by atoms with Crippen LogP contribution in [0, 0.1) is 0 Å². The van der Waals surface area contributed by atoms with Gasteiger partial charge in [-0.05, 0) is 12.8 Å². The van der Waals surface area contributed by atoms with Crippen molar-refractivity contribution >= 4 is 11.9 Å². The Morgan fingerprint density at radius 2 is 0.674 bits per heavy atom. The molecule has 0 aliphatic carbocycles. The highest BCUT2D eigenvalue weighted by Gasteiger charge is 2.16. The molecule has 1 N–H and O–H groups in total. The summed E-state index contributed by atoms with van der Waals surface area (Å²) >= 11 is 0. The molecule has 0 aromatic carbocycles. The van der Waals surface area contributed by atoms with Crippen LogP contribution in [0.4, 0.5) is 0 Å². The number of ether oxygens (including phenoxy) is 2. The number of carbonyl (C=O) groups excluding carboxylic acids is 2. The molecule has 46 heavy (non-hydrogen) atoms. The summed E-state index contributed by atoms with van der Waals surface area (Å²) in [7, 11) is 0. The van der Waals surface area contributed by atoms with Crippen LogP contribution in [0.25, 0.3) is 0 Å². The lowest BCUT2D eigenvalue weighted by molar-refractivity contribution is -0.161. The minimum atomic E-state index is -0.760. The standard InChI is InChI=1S/C41H80O5/c1-3-5-7-9-11-13-15-16-17-18-19-20-21-22-23-24-26-28-30-32-34-36-41(44)46-39(37-42)38-45-40(43)35-33-31-29-27-25-14-12-10-8-6-4-2/h39,42H,3-38H2,1-2H3/t39-/m0/s1. The zero-order chi connectivity index (χ0) is 33.6. The minimum Gasteiger partial charge on any atom is -0.462 e.